The van der Waals surface area contributed by atoms with Crippen molar-refractivity contribution in [2.45, 2.75) is 0 Å². The fraction of sp³-hybridized carbons (Fsp3) is 0.0714. The van der Waals surface area contributed by atoms with E-state index in [9.17, 15) is 4.79 Å². The van der Waals surface area contributed by atoms with E-state index in [0.717, 1.165) is 22.1 Å². The summed E-state index contributed by atoms with van der Waals surface area (Å²) in [6.07, 6.45) is 0.875. The van der Waals surface area contributed by atoms with E-state index in [1.165, 1.54) is 0 Å². The molecule has 2 aromatic rings. The summed E-state index contributed by atoms with van der Waals surface area (Å²) in [6, 6.07) is 15.6. The zero-order valence-electron chi connectivity index (χ0n) is 9.43. The average Bonchev–Trinajstić information content (AvgIpc) is 2.39. The highest BCUT2D eigenvalue weighted by molar-refractivity contribution is 9.10. The fourth-order valence-corrected chi connectivity index (χ4v) is 2.09. The van der Waals surface area contributed by atoms with Gasteiger partial charge in [-0.15, -0.1) is 0 Å². The van der Waals surface area contributed by atoms with E-state index in [0.29, 0.717) is 5.56 Å². The van der Waals surface area contributed by atoms with Crippen molar-refractivity contribution in [1.82, 2.24) is 0 Å². The molecular formula is C14H12BrNO. The maximum Gasteiger partial charge on any atom is 0.152 e. The van der Waals surface area contributed by atoms with Crippen LogP contribution >= 0.6 is 15.9 Å². The molecule has 86 valence electrons. The molecule has 0 atom stereocenters. The summed E-state index contributed by atoms with van der Waals surface area (Å²) in [7, 11) is 1.95. The lowest BCUT2D eigenvalue weighted by atomic mass is 10.1. The van der Waals surface area contributed by atoms with E-state index in [-0.39, 0.29) is 0 Å². The van der Waals surface area contributed by atoms with Crippen molar-refractivity contribution in [3.63, 3.8) is 0 Å². The van der Waals surface area contributed by atoms with Gasteiger partial charge in [0.05, 0.1) is 5.69 Å². The molecule has 3 heteroatoms. The molecule has 0 saturated heterocycles. The zero-order valence-corrected chi connectivity index (χ0v) is 11.0. The van der Waals surface area contributed by atoms with Crippen molar-refractivity contribution in [2.75, 3.05) is 11.9 Å². The minimum absolute atomic E-state index is 0.672. The molecular weight excluding hydrogens is 278 g/mol. The molecule has 0 saturated carbocycles. The molecule has 0 radical (unpaired) electrons. The van der Waals surface area contributed by atoms with Gasteiger partial charge in [-0.3, -0.25) is 4.79 Å². The predicted octanol–water partition coefficient (Wildman–Crippen LogP) is 4.03. The standard InChI is InChI=1S/C14H12BrNO/c1-16(13-5-3-2-4-6-13)14-8-7-12(15)9-11(14)10-17/h2-10H,1H3. The first-order chi connectivity index (χ1) is 8.22. The van der Waals surface area contributed by atoms with Crippen molar-refractivity contribution in [2.24, 2.45) is 0 Å². The third-order valence-electron chi connectivity index (χ3n) is 2.62. The minimum Gasteiger partial charge on any atom is -0.344 e. The third kappa shape index (κ3) is 2.56. The fourth-order valence-electron chi connectivity index (χ4n) is 1.72. The Labute approximate surface area is 109 Å². The van der Waals surface area contributed by atoms with Crippen molar-refractivity contribution in [1.29, 1.82) is 0 Å². The smallest absolute Gasteiger partial charge is 0.152 e. The predicted molar refractivity (Wildman–Crippen MR) is 74.0 cm³/mol. The Kier molecular flexibility index (Phi) is 3.59. The van der Waals surface area contributed by atoms with E-state index in [1.807, 2.05) is 60.5 Å². The van der Waals surface area contributed by atoms with Crippen molar-refractivity contribution in [3.05, 3.63) is 58.6 Å². The van der Waals surface area contributed by atoms with Gasteiger partial charge in [0.25, 0.3) is 0 Å². The highest BCUT2D eigenvalue weighted by atomic mass is 79.9. The molecule has 0 heterocycles. The molecule has 0 fully saturated rings. The van der Waals surface area contributed by atoms with Gasteiger partial charge in [-0.1, -0.05) is 34.1 Å². The van der Waals surface area contributed by atoms with E-state index in [1.54, 1.807) is 0 Å². The van der Waals surface area contributed by atoms with Crippen LogP contribution in [0.2, 0.25) is 0 Å². The molecule has 0 aliphatic heterocycles. The number of carbonyl (C=O) groups excluding carboxylic acids is 1. The van der Waals surface area contributed by atoms with Crippen LogP contribution in [-0.4, -0.2) is 13.3 Å². The van der Waals surface area contributed by atoms with Crippen LogP contribution in [0.15, 0.2) is 53.0 Å². The van der Waals surface area contributed by atoms with Crippen LogP contribution in [0.25, 0.3) is 0 Å². The summed E-state index contributed by atoms with van der Waals surface area (Å²) in [6.45, 7) is 0. The molecule has 0 amide bonds. The maximum atomic E-state index is 11.1. The second-order valence-corrected chi connectivity index (χ2v) is 4.63. The van der Waals surface area contributed by atoms with E-state index in [2.05, 4.69) is 15.9 Å². The second-order valence-electron chi connectivity index (χ2n) is 3.72. The first-order valence-corrected chi connectivity index (χ1v) is 6.05. The van der Waals surface area contributed by atoms with Crippen molar-refractivity contribution < 1.29 is 4.79 Å². The highest BCUT2D eigenvalue weighted by Gasteiger charge is 2.08. The molecule has 0 unspecified atom stereocenters. The molecule has 0 bridgehead atoms. The van der Waals surface area contributed by atoms with Gasteiger partial charge in [-0.05, 0) is 30.3 Å². The van der Waals surface area contributed by atoms with Crippen molar-refractivity contribution in [3.8, 4) is 0 Å². The number of halogens is 1. The molecule has 17 heavy (non-hydrogen) atoms. The molecule has 0 aliphatic carbocycles. The maximum absolute atomic E-state index is 11.1. The number of para-hydroxylation sites is 1. The lowest BCUT2D eigenvalue weighted by Gasteiger charge is -2.21. The third-order valence-corrected chi connectivity index (χ3v) is 3.11. The number of rotatable bonds is 3. The van der Waals surface area contributed by atoms with Crippen LogP contribution in [-0.2, 0) is 0 Å². The Hall–Kier alpha value is -1.61. The molecule has 2 aromatic carbocycles. The van der Waals surface area contributed by atoms with Crippen LogP contribution in [0.1, 0.15) is 10.4 Å². The number of hydrogen-bond acceptors (Lipinski definition) is 2. The summed E-state index contributed by atoms with van der Waals surface area (Å²) in [4.78, 5) is 13.1. The largest absolute Gasteiger partial charge is 0.344 e. The summed E-state index contributed by atoms with van der Waals surface area (Å²) >= 11 is 3.37. The molecule has 0 N–H and O–H groups in total. The molecule has 0 aliphatic rings. The molecule has 0 spiro atoms. The van der Waals surface area contributed by atoms with Gasteiger partial charge in [-0.25, -0.2) is 0 Å². The lowest BCUT2D eigenvalue weighted by molar-refractivity contribution is 0.112. The lowest BCUT2D eigenvalue weighted by Crippen LogP contribution is -2.11. The first-order valence-electron chi connectivity index (χ1n) is 5.26. The zero-order chi connectivity index (χ0) is 12.3. The summed E-state index contributed by atoms with van der Waals surface area (Å²) in [5.41, 5.74) is 2.62. The number of hydrogen-bond donors (Lipinski definition) is 0. The summed E-state index contributed by atoms with van der Waals surface area (Å²) in [5, 5.41) is 0. The van der Waals surface area contributed by atoms with E-state index >= 15 is 0 Å². The minimum atomic E-state index is 0.672. The number of benzene rings is 2. The number of anilines is 2. The van der Waals surface area contributed by atoms with Gasteiger partial charge in [0, 0.05) is 22.8 Å². The Morgan fingerprint density at radius 3 is 2.47 bits per heavy atom. The summed E-state index contributed by atoms with van der Waals surface area (Å²) < 4.78 is 0.907. The Morgan fingerprint density at radius 2 is 1.82 bits per heavy atom. The number of carbonyl (C=O) groups is 1. The normalized spacial score (nSPS) is 10.0. The topological polar surface area (TPSA) is 20.3 Å². The van der Waals surface area contributed by atoms with Gasteiger partial charge in [-0.2, -0.15) is 0 Å². The monoisotopic (exact) mass is 289 g/mol. The van der Waals surface area contributed by atoms with Gasteiger partial charge in [0.1, 0.15) is 0 Å². The quantitative estimate of drug-likeness (QED) is 0.795. The second kappa shape index (κ2) is 5.15. The van der Waals surface area contributed by atoms with Gasteiger partial charge >= 0.3 is 0 Å². The highest BCUT2D eigenvalue weighted by Crippen LogP contribution is 2.28. The average molecular weight is 290 g/mol. The summed E-state index contributed by atoms with van der Waals surface area (Å²) in [5.74, 6) is 0. The van der Waals surface area contributed by atoms with Crippen molar-refractivity contribution >= 4 is 33.6 Å². The number of aldehydes is 1. The van der Waals surface area contributed by atoms with Crippen LogP contribution in [0, 0.1) is 0 Å². The molecule has 0 aromatic heterocycles. The van der Waals surface area contributed by atoms with Gasteiger partial charge in [0.2, 0.25) is 0 Å². The Bertz CT molecular complexity index is 525. The molecule has 2 nitrogen and oxygen atoms in total. The van der Waals surface area contributed by atoms with Crippen LogP contribution in [0.3, 0.4) is 0 Å². The Morgan fingerprint density at radius 1 is 1.12 bits per heavy atom. The van der Waals surface area contributed by atoms with Crippen LogP contribution < -0.4 is 4.90 Å². The van der Waals surface area contributed by atoms with E-state index < -0.39 is 0 Å². The van der Waals surface area contributed by atoms with Crippen LogP contribution in [0.4, 0.5) is 11.4 Å². The van der Waals surface area contributed by atoms with Gasteiger partial charge in [0.15, 0.2) is 6.29 Å². The molecule has 2 rings (SSSR count). The van der Waals surface area contributed by atoms with E-state index in [4.69, 9.17) is 0 Å². The van der Waals surface area contributed by atoms with Gasteiger partial charge < -0.3 is 4.90 Å². The SMILES string of the molecule is CN(c1ccccc1)c1ccc(Br)cc1C=O. The number of nitrogens with zero attached hydrogens (tertiary/aromatic N) is 1. The Balaban J connectivity index is 2.44. The van der Waals surface area contributed by atoms with Crippen LogP contribution in [0.5, 0.6) is 0 Å². The first kappa shape index (κ1) is 11.9.